The molecule has 10 nitrogen and oxygen atoms in total. The summed E-state index contributed by atoms with van der Waals surface area (Å²) in [5.41, 5.74) is 8.12. The van der Waals surface area contributed by atoms with Gasteiger partial charge in [0, 0.05) is 35.9 Å². The number of carboxylic acids is 1. The van der Waals surface area contributed by atoms with Crippen molar-refractivity contribution in [3.05, 3.63) is 148 Å². The van der Waals surface area contributed by atoms with Crippen molar-refractivity contribution in [2.45, 2.75) is 37.8 Å². The molecule has 7 rings (SSSR count). The molecule has 1 amide bonds. The molecule has 0 saturated carbocycles. The Labute approximate surface area is 318 Å². The summed E-state index contributed by atoms with van der Waals surface area (Å²) in [6.07, 6.45) is 0.649. The average molecular weight is 739 g/mol. The maximum absolute atomic E-state index is 14.0. The van der Waals surface area contributed by atoms with E-state index in [1.54, 1.807) is 25.9 Å². The number of carboxylic acid groups (broad SMARTS) is 1. The third-order valence-corrected chi connectivity index (χ3v) is 10.2. The van der Waals surface area contributed by atoms with Crippen molar-refractivity contribution in [3.8, 4) is 39.5 Å². The van der Waals surface area contributed by atoms with Crippen LogP contribution in [0.2, 0.25) is 0 Å². The second kappa shape index (κ2) is 16.2. The molecule has 6 aromatic rings. The fourth-order valence-electron chi connectivity index (χ4n) is 7.41. The number of amides is 1. The van der Waals surface area contributed by atoms with Gasteiger partial charge in [0.1, 0.15) is 18.4 Å². The Kier molecular flexibility index (Phi) is 10.8. The van der Waals surface area contributed by atoms with Crippen molar-refractivity contribution in [1.82, 2.24) is 9.88 Å². The number of aryl methyl sites for hydroxylation is 2. The van der Waals surface area contributed by atoms with E-state index in [2.05, 4.69) is 17.4 Å². The lowest BCUT2D eigenvalue weighted by atomic mass is 9.98. The maximum atomic E-state index is 14.0. The number of methoxy groups -OCH3 is 3. The number of rotatable bonds is 14. The summed E-state index contributed by atoms with van der Waals surface area (Å²) in [5, 5.41) is 13.3. The van der Waals surface area contributed by atoms with Crippen LogP contribution in [0.25, 0.3) is 33.2 Å². The van der Waals surface area contributed by atoms with Crippen LogP contribution in [-0.4, -0.2) is 55.7 Å². The maximum Gasteiger partial charge on any atom is 0.407 e. The van der Waals surface area contributed by atoms with Gasteiger partial charge >= 0.3 is 12.1 Å². The SMILES string of the molecule is COc1ccc(-c2cc3cc(OC)c(OC)cc3n(CCCc3ccc(CC(NC(=O)OCC4c5ccccc5-c5ccccc54)C(=O)O)cc3)c2=O)cc1. The lowest BCUT2D eigenvalue weighted by molar-refractivity contribution is -0.139. The number of aliphatic carboxylic acids is 1. The summed E-state index contributed by atoms with van der Waals surface area (Å²) in [6, 6.07) is 35.5. The van der Waals surface area contributed by atoms with Crippen LogP contribution in [0.3, 0.4) is 0 Å². The first-order chi connectivity index (χ1) is 26.8. The molecule has 0 bridgehead atoms. The lowest BCUT2D eigenvalue weighted by Gasteiger charge is -2.18. The second-order valence-electron chi connectivity index (χ2n) is 13.5. The molecule has 0 saturated heterocycles. The smallest absolute Gasteiger partial charge is 0.407 e. The molecule has 5 aromatic carbocycles. The highest BCUT2D eigenvalue weighted by Gasteiger charge is 2.30. The monoisotopic (exact) mass is 738 g/mol. The molecule has 1 aliphatic rings. The van der Waals surface area contributed by atoms with E-state index in [9.17, 15) is 19.5 Å². The van der Waals surface area contributed by atoms with Crippen LogP contribution in [-0.2, 0) is 28.9 Å². The molecular weight excluding hydrogens is 697 g/mol. The van der Waals surface area contributed by atoms with Gasteiger partial charge in [-0.3, -0.25) is 4.79 Å². The van der Waals surface area contributed by atoms with Gasteiger partial charge in [-0.25, -0.2) is 9.59 Å². The number of carbonyl (C=O) groups excluding carboxylic acids is 1. The minimum atomic E-state index is -1.17. The van der Waals surface area contributed by atoms with E-state index in [1.807, 2.05) is 103 Å². The molecule has 1 unspecified atom stereocenters. The number of pyridine rings is 1. The number of benzene rings is 5. The molecule has 1 aliphatic carbocycles. The average Bonchev–Trinajstić information content (AvgIpc) is 3.54. The first-order valence-corrected chi connectivity index (χ1v) is 18.1. The van der Waals surface area contributed by atoms with Gasteiger partial charge in [-0.05, 0) is 76.1 Å². The predicted octanol–water partition coefficient (Wildman–Crippen LogP) is 7.86. The van der Waals surface area contributed by atoms with Gasteiger partial charge in [0.2, 0.25) is 0 Å². The molecule has 0 aliphatic heterocycles. The Morgan fingerprint density at radius 1 is 0.745 bits per heavy atom. The van der Waals surface area contributed by atoms with Gasteiger partial charge in [-0.1, -0.05) is 84.9 Å². The van der Waals surface area contributed by atoms with Crippen LogP contribution >= 0.6 is 0 Å². The van der Waals surface area contributed by atoms with E-state index >= 15 is 0 Å². The number of alkyl carbamates (subject to hydrolysis) is 1. The van der Waals surface area contributed by atoms with E-state index < -0.39 is 18.1 Å². The molecule has 2 N–H and O–H groups in total. The number of nitrogens with one attached hydrogen (secondary N) is 1. The molecule has 1 aromatic heterocycles. The highest BCUT2D eigenvalue weighted by molar-refractivity contribution is 5.87. The van der Waals surface area contributed by atoms with E-state index in [0.717, 1.165) is 49.8 Å². The molecule has 280 valence electrons. The number of carbonyl (C=O) groups is 2. The largest absolute Gasteiger partial charge is 0.497 e. The number of hydrogen-bond donors (Lipinski definition) is 2. The predicted molar refractivity (Wildman–Crippen MR) is 211 cm³/mol. The van der Waals surface area contributed by atoms with Crippen LogP contribution in [0.4, 0.5) is 4.79 Å². The Balaban J connectivity index is 1.00. The molecule has 0 spiro atoms. The van der Waals surface area contributed by atoms with Crippen LogP contribution < -0.4 is 25.1 Å². The van der Waals surface area contributed by atoms with Crippen LogP contribution in [0.5, 0.6) is 17.2 Å². The van der Waals surface area contributed by atoms with Gasteiger partial charge < -0.3 is 33.9 Å². The third kappa shape index (κ3) is 7.75. The van der Waals surface area contributed by atoms with Crippen molar-refractivity contribution < 1.29 is 33.6 Å². The van der Waals surface area contributed by atoms with Crippen LogP contribution in [0.1, 0.15) is 34.6 Å². The summed E-state index contributed by atoms with van der Waals surface area (Å²) in [5.74, 6) is 0.521. The molecule has 1 atom stereocenters. The first-order valence-electron chi connectivity index (χ1n) is 18.1. The van der Waals surface area contributed by atoms with Crippen molar-refractivity contribution in [3.63, 3.8) is 0 Å². The van der Waals surface area contributed by atoms with E-state index in [0.29, 0.717) is 42.2 Å². The number of hydrogen-bond acceptors (Lipinski definition) is 7. The number of nitrogens with zero attached hydrogens (tertiary/aromatic N) is 1. The van der Waals surface area contributed by atoms with Gasteiger partial charge in [0.25, 0.3) is 5.56 Å². The van der Waals surface area contributed by atoms with Gasteiger partial charge in [-0.15, -0.1) is 0 Å². The Hall–Kier alpha value is -6.55. The van der Waals surface area contributed by atoms with Crippen LogP contribution in [0, 0.1) is 0 Å². The highest BCUT2D eigenvalue weighted by atomic mass is 16.5. The summed E-state index contributed by atoms with van der Waals surface area (Å²) >= 11 is 0. The summed E-state index contributed by atoms with van der Waals surface area (Å²) in [7, 11) is 4.75. The van der Waals surface area contributed by atoms with Gasteiger partial charge in [0.15, 0.2) is 11.5 Å². The van der Waals surface area contributed by atoms with Crippen molar-refractivity contribution >= 4 is 23.0 Å². The molecule has 55 heavy (non-hydrogen) atoms. The zero-order chi connectivity index (χ0) is 38.5. The molecular formula is C45H42N2O8. The summed E-state index contributed by atoms with van der Waals surface area (Å²) in [4.78, 5) is 39.1. The molecule has 0 radical (unpaired) electrons. The fourth-order valence-corrected chi connectivity index (χ4v) is 7.41. The normalized spacial score (nSPS) is 12.4. The highest BCUT2D eigenvalue weighted by Crippen LogP contribution is 2.44. The second-order valence-corrected chi connectivity index (χ2v) is 13.5. The van der Waals surface area contributed by atoms with E-state index in [-0.39, 0.29) is 24.5 Å². The van der Waals surface area contributed by atoms with Crippen molar-refractivity contribution in [2.75, 3.05) is 27.9 Å². The van der Waals surface area contributed by atoms with E-state index in [4.69, 9.17) is 18.9 Å². The summed E-state index contributed by atoms with van der Waals surface area (Å²) in [6.45, 7) is 0.540. The zero-order valence-corrected chi connectivity index (χ0v) is 30.9. The minimum absolute atomic E-state index is 0.0879. The minimum Gasteiger partial charge on any atom is -0.497 e. The fraction of sp³-hybridized carbons (Fsp3) is 0.222. The quantitative estimate of drug-likeness (QED) is 0.116. The zero-order valence-electron chi connectivity index (χ0n) is 30.9. The molecule has 1 heterocycles. The standard InChI is InChI=1S/C45H42N2O8/c1-52-32-20-18-30(19-21-32)37-24-31-25-41(53-2)42(54-3)26-40(31)47(43(37)48)22-8-9-28-14-16-29(17-15-28)23-39(44(49)50)46-45(51)55-27-38-35-12-6-4-10-33(35)34-11-5-7-13-36(34)38/h4-7,10-21,24-26,38-39H,8-9,22-23,27H2,1-3H3,(H,46,51)(H,49,50). The van der Waals surface area contributed by atoms with Crippen LogP contribution in [0.15, 0.2) is 120 Å². The molecule has 0 fully saturated rings. The third-order valence-electron chi connectivity index (χ3n) is 10.2. The number of ether oxygens (including phenoxy) is 4. The van der Waals surface area contributed by atoms with Crippen molar-refractivity contribution in [1.29, 1.82) is 0 Å². The van der Waals surface area contributed by atoms with E-state index in [1.165, 1.54) is 0 Å². The Morgan fingerprint density at radius 3 is 1.98 bits per heavy atom. The number of aromatic nitrogens is 1. The van der Waals surface area contributed by atoms with Gasteiger partial charge in [-0.2, -0.15) is 0 Å². The Bertz CT molecular complexity index is 2360. The lowest BCUT2D eigenvalue weighted by Crippen LogP contribution is -2.42. The van der Waals surface area contributed by atoms with Crippen molar-refractivity contribution in [2.24, 2.45) is 0 Å². The Morgan fingerprint density at radius 2 is 1.36 bits per heavy atom. The van der Waals surface area contributed by atoms with Gasteiger partial charge in [0.05, 0.1) is 26.8 Å². The first kappa shape index (κ1) is 36.8. The topological polar surface area (TPSA) is 125 Å². The summed E-state index contributed by atoms with van der Waals surface area (Å²) < 4.78 is 23.8. The number of fused-ring (bicyclic) bond motifs is 4. The molecule has 10 heteroatoms.